The number of anilines is 1. The van der Waals surface area contributed by atoms with Gasteiger partial charge in [0, 0.05) is 31.7 Å². The van der Waals surface area contributed by atoms with Gasteiger partial charge in [-0.1, -0.05) is 48.5 Å². The third kappa shape index (κ3) is 3.73. The van der Waals surface area contributed by atoms with Gasteiger partial charge in [-0.15, -0.1) is 0 Å². The second-order valence-corrected chi connectivity index (χ2v) is 6.53. The van der Waals surface area contributed by atoms with Gasteiger partial charge >= 0.3 is 0 Å². The normalized spacial score (nSPS) is 17.0. The van der Waals surface area contributed by atoms with E-state index in [2.05, 4.69) is 0 Å². The molecule has 0 spiro atoms. The highest BCUT2D eigenvalue weighted by atomic mass is 16.2. The van der Waals surface area contributed by atoms with Crippen LogP contribution in [0.1, 0.15) is 24.5 Å². The average Bonchev–Trinajstić information content (AvgIpc) is 3.02. The Kier molecular flexibility index (Phi) is 5.17. The molecule has 1 saturated heterocycles. The molecule has 0 unspecified atom stereocenters. The van der Waals surface area contributed by atoms with Gasteiger partial charge in [-0.3, -0.25) is 9.59 Å². The van der Waals surface area contributed by atoms with E-state index in [4.69, 9.17) is 0 Å². The molecule has 0 N–H and O–H groups in total. The molecule has 0 bridgehead atoms. The summed E-state index contributed by atoms with van der Waals surface area (Å²) in [4.78, 5) is 29.0. The van der Waals surface area contributed by atoms with Crippen LogP contribution in [0.2, 0.25) is 0 Å². The first-order valence-corrected chi connectivity index (χ1v) is 8.79. The van der Waals surface area contributed by atoms with Gasteiger partial charge in [0.1, 0.15) is 0 Å². The van der Waals surface area contributed by atoms with Gasteiger partial charge in [-0.05, 0) is 31.0 Å². The van der Waals surface area contributed by atoms with Gasteiger partial charge in [0.15, 0.2) is 0 Å². The second kappa shape index (κ2) is 7.51. The Bertz CT molecular complexity index is 758. The summed E-state index contributed by atoms with van der Waals surface area (Å²) in [6.07, 6.45) is 0.290. The van der Waals surface area contributed by atoms with Crippen molar-refractivity contribution >= 4 is 17.5 Å². The van der Waals surface area contributed by atoms with Gasteiger partial charge in [0.25, 0.3) is 0 Å². The van der Waals surface area contributed by atoms with Crippen molar-refractivity contribution in [3.8, 4) is 0 Å². The number of carbonyl (C=O) groups excluding carboxylic acids is 2. The number of amides is 2. The van der Waals surface area contributed by atoms with E-state index in [1.807, 2.05) is 73.3 Å². The number of para-hydroxylation sites is 1. The molecule has 0 aromatic heterocycles. The predicted molar refractivity (Wildman–Crippen MR) is 99.2 cm³/mol. The average molecular weight is 336 g/mol. The summed E-state index contributed by atoms with van der Waals surface area (Å²) in [5.74, 6) is -0.171. The molecule has 1 heterocycles. The molecule has 0 radical (unpaired) electrons. The molecule has 2 amide bonds. The van der Waals surface area contributed by atoms with Crippen molar-refractivity contribution in [1.29, 1.82) is 0 Å². The van der Waals surface area contributed by atoms with Crippen molar-refractivity contribution in [2.45, 2.75) is 26.8 Å². The van der Waals surface area contributed by atoms with E-state index in [1.54, 1.807) is 4.90 Å². The number of nitrogens with zero attached hydrogens (tertiary/aromatic N) is 2. The second-order valence-electron chi connectivity index (χ2n) is 6.53. The van der Waals surface area contributed by atoms with Crippen LogP contribution in [-0.4, -0.2) is 29.8 Å². The molecule has 1 aliphatic heterocycles. The standard InChI is InChI=1S/C21H24N2O2/c1-3-22(14-17-10-5-4-6-11-17)21(25)18-13-20(24)23(15-18)19-12-8-7-9-16(19)2/h4-12,18H,3,13-15H2,1-2H3/t18-/m1/s1. The van der Waals surface area contributed by atoms with Crippen molar-refractivity contribution in [2.24, 2.45) is 5.92 Å². The number of benzene rings is 2. The molecule has 3 rings (SSSR count). The topological polar surface area (TPSA) is 40.6 Å². The Morgan fingerprint density at radius 1 is 1.12 bits per heavy atom. The zero-order valence-corrected chi connectivity index (χ0v) is 14.8. The van der Waals surface area contributed by atoms with E-state index in [0.29, 0.717) is 26.1 Å². The summed E-state index contributed by atoms with van der Waals surface area (Å²) >= 11 is 0. The lowest BCUT2D eigenvalue weighted by atomic mass is 10.1. The first kappa shape index (κ1) is 17.2. The largest absolute Gasteiger partial charge is 0.338 e. The maximum atomic E-state index is 12.9. The molecular formula is C21H24N2O2. The Labute approximate surface area is 149 Å². The van der Waals surface area contributed by atoms with Crippen molar-refractivity contribution < 1.29 is 9.59 Å². The Morgan fingerprint density at radius 3 is 2.48 bits per heavy atom. The number of carbonyl (C=O) groups is 2. The molecule has 1 aliphatic rings. The van der Waals surface area contributed by atoms with E-state index < -0.39 is 0 Å². The van der Waals surface area contributed by atoms with Crippen molar-refractivity contribution in [1.82, 2.24) is 4.90 Å². The predicted octanol–water partition coefficient (Wildman–Crippen LogP) is 3.40. The van der Waals surface area contributed by atoms with Crippen LogP contribution in [0.25, 0.3) is 0 Å². The third-order valence-corrected chi connectivity index (χ3v) is 4.79. The van der Waals surface area contributed by atoms with Crippen LogP contribution in [0.3, 0.4) is 0 Å². The highest BCUT2D eigenvalue weighted by Crippen LogP contribution is 2.28. The van der Waals surface area contributed by atoms with E-state index in [-0.39, 0.29) is 17.7 Å². The zero-order valence-electron chi connectivity index (χ0n) is 14.8. The van der Waals surface area contributed by atoms with Crippen LogP contribution in [-0.2, 0) is 16.1 Å². The van der Waals surface area contributed by atoms with Crippen LogP contribution in [0, 0.1) is 12.8 Å². The number of hydrogen-bond donors (Lipinski definition) is 0. The zero-order chi connectivity index (χ0) is 17.8. The lowest BCUT2D eigenvalue weighted by Crippen LogP contribution is -2.37. The first-order valence-electron chi connectivity index (χ1n) is 8.79. The minimum absolute atomic E-state index is 0.0309. The first-order chi connectivity index (χ1) is 12.1. The number of hydrogen-bond acceptors (Lipinski definition) is 2. The summed E-state index contributed by atoms with van der Waals surface area (Å²) in [7, 11) is 0. The quantitative estimate of drug-likeness (QED) is 0.840. The fourth-order valence-corrected chi connectivity index (χ4v) is 3.38. The molecular weight excluding hydrogens is 312 g/mol. The van der Waals surface area contributed by atoms with E-state index >= 15 is 0 Å². The SMILES string of the molecule is CCN(Cc1ccccc1)C(=O)[C@@H]1CC(=O)N(c2ccccc2C)C1. The van der Waals surface area contributed by atoms with Crippen LogP contribution >= 0.6 is 0 Å². The van der Waals surface area contributed by atoms with Crippen LogP contribution in [0.5, 0.6) is 0 Å². The lowest BCUT2D eigenvalue weighted by Gasteiger charge is -2.24. The third-order valence-electron chi connectivity index (χ3n) is 4.79. The van der Waals surface area contributed by atoms with Crippen molar-refractivity contribution in [2.75, 3.05) is 18.0 Å². The van der Waals surface area contributed by atoms with Gasteiger partial charge < -0.3 is 9.80 Å². The van der Waals surface area contributed by atoms with Crippen LogP contribution < -0.4 is 4.90 Å². The summed E-state index contributed by atoms with van der Waals surface area (Å²) in [6.45, 7) is 5.67. The maximum absolute atomic E-state index is 12.9. The van der Waals surface area contributed by atoms with Crippen LogP contribution in [0.15, 0.2) is 54.6 Å². The Balaban J connectivity index is 1.72. The van der Waals surface area contributed by atoms with E-state index in [1.165, 1.54) is 0 Å². The minimum atomic E-state index is -0.268. The van der Waals surface area contributed by atoms with E-state index in [9.17, 15) is 9.59 Å². The van der Waals surface area contributed by atoms with Gasteiger partial charge in [-0.25, -0.2) is 0 Å². The monoisotopic (exact) mass is 336 g/mol. The molecule has 0 aliphatic carbocycles. The highest BCUT2D eigenvalue weighted by molar-refractivity contribution is 6.00. The summed E-state index contributed by atoms with van der Waals surface area (Å²) in [5, 5.41) is 0. The smallest absolute Gasteiger partial charge is 0.228 e. The molecule has 4 nitrogen and oxygen atoms in total. The maximum Gasteiger partial charge on any atom is 0.228 e. The molecule has 2 aromatic rings. The fraction of sp³-hybridized carbons (Fsp3) is 0.333. The molecule has 1 atom stereocenters. The molecule has 0 saturated carbocycles. The number of rotatable bonds is 5. The molecule has 1 fully saturated rings. The van der Waals surface area contributed by atoms with E-state index in [0.717, 1.165) is 16.8 Å². The Hall–Kier alpha value is -2.62. The summed E-state index contributed by atoms with van der Waals surface area (Å²) < 4.78 is 0. The molecule has 130 valence electrons. The van der Waals surface area contributed by atoms with Crippen molar-refractivity contribution in [3.63, 3.8) is 0 Å². The molecule has 25 heavy (non-hydrogen) atoms. The molecule has 4 heteroatoms. The minimum Gasteiger partial charge on any atom is -0.338 e. The van der Waals surface area contributed by atoms with Gasteiger partial charge in [0.05, 0.1) is 5.92 Å². The molecule has 2 aromatic carbocycles. The summed E-state index contributed by atoms with van der Waals surface area (Å²) in [5.41, 5.74) is 3.08. The van der Waals surface area contributed by atoms with Gasteiger partial charge in [0.2, 0.25) is 11.8 Å². The van der Waals surface area contributed by atoms with Crippen LogP contribution in [0.4, 0.5) is 5.69 Å². The lowest BCUT2D eigenvalue weighted by molar-refractivity contribution is -0.136. The fourth-order valence-electron chi connectivity index (χ4n) is 3.38. The summed E-state index contributed by atoms with van der Waals surface area (Å²) in [6, 6.07) is 17.8. The van der Waals surface area contributed by atoms with Crippen molar-refractivity contribution in [3.05, 3.63) is 65.7 Å². The Morgan fingerprint density at radius 2 is 1.80 bits per heavy atom. The number of aryl methyl sites for hydroxylation is 1. The van der Waals surface area contributed by atoms with Gasteiger partial charge in [-0.2, -0.15) is 0 Å². The highest BCUT2D eigenvalue weighted by Gasteiger charge is 2.37.